The lowest BCUT2D eigenvalue weighted by Gasteiger charge is -2.62. The van der Waals surface area contributed by atoms with Gasteiger partial charge in [0.2, 0.25) is 0 Å². The SMILES string of the molecule is CC(C)[C@H](O)CCC[C@@H](C)[C@H]1CC[C@H]2[C@@H]3CC[C@H]4C[C@@](C)(O)CC[C@]4(C)[C@H]3CC[C@]12C. The van der Waals surface area contributed by atoms with E-state index in [1.165, 1.54) is 57.8 Å². The van der Waals surface area contributed by atoms with Gasteiger partial charge >= 0.3 is 0 Å². The molecule has 0 bridgehead atoms. The van der Waals surface area contributed by atoms with Crippen LogP contribution in [0.15, 0.2) is 0 Å². The number of hydrogen-bond acceptors (Lipinski definition) is 2. The molecule has 4 rings (SSSR count). The number of fused-ring (bicyclic) bond motifs is 5. The average Bonchev–Trinajstić information content (AvgIpc) is 3.05. The van der Waals surface area contributed by atoms with Crippen molar-refractivity contribution in [3.8, 4) is 0 Å². The van der Waals surface area contributed by atoms with Gasteiger partial charge in [-0.05, 0) is 123 Å². The third-order valence-corrected chi connectivity index (χ3v) is 11.6. The summed E-state index contributed by atoms with van der Waals surface area (Å²) in [5.41, 5.74) is 0.598. The lowest BCUT2D eigenvalue weighted by Crippen LogP contribution is -2.55. The van der Waals surface area contributed by atoms with Gasteiger partial charge in [-0.3, -0.25) is 0 Å². The van der Waals surface area contributed by atoms with E-state index in [4.69, 9.17) is 0 Å². The van der Waals surface area contributed by atoms with E-state index in [9.17, 15) is 10.2 Å². The van der Waals surface area contributed by atoms with E-state index in [0.29, 0.717) is 16.7 Å². The molecule has 31 heavy (non-hydrogen) atoms. The van der Waals surface area contributed by atoms with Crippen molar-refractivity contribution >= 4 is 0 Å². The van der Waals surface area contributed by atoms with Crippen LogP contribution in [0, 0.1) is 52.3 Å². The Morgan fingerprint density at radius 1 is 0.806 bits per heavy atom. The molecule has 4 aliphatic carbocycles. The maximum Gasteiger partial charge on any atom is 0.0622 e. The Morgan fingerprint density at radius 2 is 1.52 bits per heavy atom. The highest BCUT2D eigenvalue weighted by molar-refractivity contribution is 5.10. The zero-order valence-corrected chi connectivity index (χ0v) is 21.5. The Bertz CT molecular complexity index is 626. The third-order valence-electron chi connectivity index (χ3n) is 11.6. The van der Waals surface area contributed by atoms with Crippen molar-refractivity contribution in [2.45, 2.75) is 130 Å². The second-order valence-corrected chi connectivity index (χ2v) is 13.8. The number of hydrogen-bond donors (Lipinski definition) is 2. The maximum absolute atomic E-state index is 10.7. The van der Waals surface area contributed by atoms with Crippen LogP contribution in [-0.4, -0.2) is 21.9 Å². The predicted molar refractivity (Wildman–Crippen MR) is 130 cm³/mol. The molecule has 180 valence electrons. The van der Waals surface area contributed by atoms with E-state index in [1.54, 1.807) is 0 Å². The summed E-state index contributed by atoms with van der Waals surface area (Å²) >= 11 is 0. The summed E-state index contributed by atoms with van der Waals surface area (Å²) in [7, 11) is 0. The molecule has 10 atom stereocenters. The Morgan fingerprint density at radius 3 is 2.23 bits per heavy atom. The lowest BCUT2D eigenvalue weighted by molar-refractivity contribution is -0.148. The summed E-state index contributed by atoms with van der Waals surface area (Å²) in [5.74, 6) is 5.57. The van der Waals surface area contributed by atoms with Gasteiger partial charge in [-0.2, -0.15) is 0 Å². The van der Waals surface area contributed by atoms with Crippen molar-refractivity contribution in [2.24, 2.45) is 52.3 Å². The molecule has 2 heteroatoms. The molecular formula is C29H52O2. The minimum atomic E-state index is -0.419. The molecule has 0 amide bonds. The van der Waals surface area contributed by atoms with E-state index in [2.05, 4.69) is 41.5 Å². The van der Waals surface area contributed by atoms with Crippen molar-refractivity contribution in [1.82, 2.24) is 0 Å². The summed E-state index contributed by atoms with van der Waals surface area (Å²) in [4.78, 5) is 0. The predicted octanol–water partition coefficient (Wildman–Crippen LogP) is 7.22. The lowest BCUT2D eigenvalue weighted by atomic mass is 9.43. The van der Waals surface area contributed by atoms with Crippen LogP contribution in [0.5, 0.6) is 0 Å². The summed E-state index contributed by atoms with van der Waals surface area (Å²) in [6, 6.07) is 0. The molecule has 4 fully saturated rings. The fourth-order valence-electron chi connectivity index (χ4n) is 9.59. The molecule has 0 aromatic heterocycles. The molecule has 0 aliphatic heterocycles. The fourth-order valence-corrected chi connectivity index (χ4v) is 9.59. The maximum atomic E-state index is 10.7. The normalized spacial score (nSPS) is 49.3. The van der Waals surface area contributed by atoms with Crippen LogP contribution in [0.4, 0.5) is 0 Å². The first-order valence-electron chi connectivity index (χ1n) is 13.9. The summed E-state index contributed by atoms with van der Waals surface area (Å²) in [5, 5.41) is 20.9. The van der Waals surface area contributed by atoms with E-state index >= 15 is 0 Å². The largest absolute Gasteiger partial charge is 0.393 e. The van der Waals surface area contributed by atoms with E-state index in [1.807, 2.05) is 0 Å². The topological polar surface area (TPSA) is 40.5 Å². The van der Waals surface area contributed by atoms with Gasteiger partial charge < -0.3 is 10.2 Å². The number of aliphatic hydroxyl groups excluding tert-OH is 1. The molecule has 2 nitrogen and oxygen atoms in total. The fraction of sp³-hybridized carbons (Fsp3) is 1.00. The van der Waals surface area contributed by atoms with Gasteiger partial charge in [-0.1, -0.05) is 47.5 Å². The minimum absolute atomic E-state index is 0.123. The first-order chi connectivity index (χ1) is 14.5. The Labute approximate surface area is 193 Å². The highest BCUT2D eigenvalue weighted by atomic mass is 16.3. The number of aliphatic hydroxyl groups is 2. The highest BCUT2D eigenvalue weighted by Gasteiger charge is 2.61. The molecular weight excluding hydrogens is 380 g/mol. The van der Waals surface area contributed by atoms with E-state index in [0.717, 1.165) is 54.8 Å². The van der Waals surface area contributed by atoms with Gasteiger partial charge in [0, 0.05) is 0 Å². The average molecular weight is 433 g/mol. The van der Waals surface area contributed by atoms with Crippen LogP contribution < -0.4 is 0 Å². The van der Waals surface area contributed by atoms with Crippen LogP contribution in [0.1, 0.15) is 119 Å². The quantitative estimate of drug-likeness (QED) is 0.465. The Kier molecular flexibility index (Phi) is 6.68. The molecule has 0 spiro atoms. The Hall–Kier alpha value is -0.0800. The van der Waals surface area contributed by atoms with Gasteiger partial charge in [0.05, 0.1) is 11.7 Å². The van der Waals surface area contributed by atoms with Gasteiger partial charge in [-0.25, -0.2) is 0 Å². The van der Waals surface area contributed by atoms with Crippen LogP contribution in [0.25, 0.3) is 0 Å². The summed E-state index contributed by atoms with van der Waals surface area (Å²) in [6.07, 6.45) is 15.2. The molecule has 0 unspecified atom stereocenters. The summed E-state index contributed by atoms with van der Waals surface area (Å²) < 4.78 is 0. The zero-order valence-electron chi connectivity index (χ0n) is 21.5. The van der Waals surface area contributed by atoms with Crippen molar-refractivity contribution < 1.29 is 10.2 Å². The van der Waals surface area contributed by atoms with Crippen molar-refractivity contribution in [3.63, 3.8) is 0 Å². The van der Waals surface area contributed by atoms with Crippen LogP contribution in [0.2, 0.25) is 0 Å². The Balaban J connectivity index is 1.42. The highest BCUT2D eigenvalue weighted by Crippen LogP contribution is 2.68. The van der Waals surface area contributed by atoms with Crippen LogP contribution in [-0.2, 0) is 0 Å². The molecule has 0 radical (unpaired) electrons. The van der Waals surface area contributed by atoms with Crippen LogP contribution >= 0.6 is 0 Å². The molecule has 2 N–H and O–H groups in total. The minimum Gasteiger partial charge on any atom is -0.393 e. The molecule has 0 saturated heterocycles. The van der Waals surface area contributed by atoms with Crippen molar-refractivity contribution in [2.75, 3.05) is 0 Å². The zero-order chi connectivity index (χ0) is 22.6. The first-order valence-corrected chi connectivity index (χ1v) is 13.9. The van der Waals surface area contributed by atoms with Gasteiger partial charge in [0.1, 0.15) is 0 Å². The van der Waals surface area contributed by atoms with Gasteiger partial charge in [-0.15, -0.1) is 0 Å². The van der Waals surface area contributed by atoms with Crippen molar-refractivity contribution in [3.05, 3.63) is 0 Å². The number of rotatable bonds is 6. The van der Waals surface area contributed by atoms with E-state index in [-0.39, 0.29) is 6.10 Å². The second-order valence-electron chi connectivity index (χ2n) is 13.8. The van der Waals surface area contributed by atoms with E-state index < -0.39 is 5.60 Å². The monoisotopic (exact) mass is 432 g/mol. The third kappa shape index (κ3) is 4.27. The standard InChI is InChI=1S/C29H52O2/c1-19(2)26(30)9-7-8-20(3)23-12-13-24-22-11-10-21-18-27(4,31)16-17-28(21,5)25(22)14-15-29(23,24)6/h19-26,30-31H,7-18H2,1-6H3/t20-,21+,22+,23-,24+,25+,26-,27+,28+,29-/m1/s1. The smallest absolute Gasteiger partial charge is 0.0622 e. The molecule has 0 heterocycles. The molecule has 4 aliphatic rings. The van der Waals surface area contributed by atoms with Crippen molar-refractivity contribution in [1.29, 1.82) is 0 Å². The summed E-state index contributed by atoms with van der Waals surface area (Å²) in [6.45, 7) is 14.2. The van der Waals surface area contributed by atoms with Gasteiger partial charge in [0.15, 0.2) is 0 Å². The molecule has 0 aromatic carbocycles. The molecule has 0 aromatic rings. The molecule has 4 saturated carbocycles. The second kappa shape index (κ2) is 8.61. The first kappa shape index (κ1) is 24.1. The van der Waals surface area contributed by atoms with Crippen LogP contribution in [0.3, 0.4) is 0 Å². The van der Waals surface area contributed by atoms with Gasteiger partial charge in [0.25, 0.3) is 0 Å².